The van der Waals surface area contributed by atoms with Gasteiger partial charge in [-0.1, -0.05) is 35.9 Å². The summed E-state index contributed by atoms with van der Waals surface area (Å²) in [6.45, 7) is 4.33. The van der Waals surface area contributed by atoms with Crippen LogP contribution in [0.3, 0.4) is 0 Å². The lowest BCUT2D eigenvalue weighted by Gasteiger charge is -2.06. The highest BCUT2D eigenvalue weighted by Gasteiger charge is 2.04. The molecular formula is C19H17NO2S. The molecular weight excluding hydrogens is 306 g/mol. The number of ether oxygens (including phenoxy) is 1. The molecule has 23 heavy (non-hydrogen) atoms. The van der Waals surface area contributed by atoms with E-state index in [2.05, 4.69) is 4.98 Å². The number of thiazole rings is 1. The first-order valence-corrected chi connectivity index (χ1v) is 8.20. The molecule has 0 saturated heterocycles. The second-order valence-electron chi connectivity index (χ2n) is 5.39. The third-order valence-electron chi connectivity index (χ3n) is 3.55. The number of carbonyl (C=O) groups is 1. The van der Waals surface area contributed by atoms with E-state index in [-0.39, 0.29) is 12.6 Å². The van der Waals surface area contributed by atoms with Gasteiger partial charge in [0.05, 0.1) is 10.2 Å². The zero-order valence-electron chi connectivity index (χ0n) is 13.1. The molecule has 0 radical (unpaired) electrons. The molecule has 3 nitrogen and oxygen atoms in total. The minimum atomic E-state index is -0.356. The van der Waals surface area contributed by atoms with Crippen molar-refractivity contribution in [3.05, 3.63) is 70.2 Å². The van der Waals surface area contributed by atoms with Crippen LogP contribution in [-0.4, -0.2) is 11.0 Å². The van der Waals surface area contributed by atoms with Crippen LogP contribution in [0.1, 0.15) is 21.7 Å². The second kappa shape index (κ2) is 6.75. The first-order chi connectivity index (χ1) is 11.1. The average molecular weight is 323 g/mol. The number of para-hydroxylation sites is 1. The van der Waals surface area contributed by atoms with Crippen LogP contribution < -0.4 is 0 Å². The predicted molar refractivity (Wildman–Crippen MR) is 94.4 cm³/mol. The number of fused-ring (bicyclic) bond motifs is 1. The Morgan fingerprint density at radius 1 is 1.22 bits per heavy atom. The number of aryl methyl sites for hydroxylation is 2. The smallest absolute Gasteiger partial charge is 0.331 e. The molecule has 0 N–H and O–H groups in total. The van der Waals surface area contributed by atoms with Crippen LogP contribution in [0.15, 0.2) is 48.5 Å². The summed E-state index contributed by atoms with van der Waals surface area (Å²) in [7, 11) is 0. The molecule has 2 aromatic carbocycles. The molecule has 0 atom stereocenters. The van der Waals surface area contributed by atoms with Gasteiger partial charge in [0.1, 0.15) is 11.6 Å². The van der Waals surface area contributed by atoms with Crippen molar-refractivity contribution in [2.75, 3.05) is 0 Å². The Kier molecular flexibility index (Phi) is 4.53. The van der Waals surface area contributed by atoms with Crippen molar-refractivity contribution in [1.29, 1.82) is 0 Å². The number of hydrogen-bond donors (Lipinski definition) is 0. The number of nitrogens with zero attached hydrogens (tertiary/aromatic N) is 1. The van der Waals surface area contributed by atoms with Gasteiger partial charge in [-0.15, -0.1) is 11.3 Å². The maximum absolute atomic E-state index is 11.9. The first kappa shape index (κ1) is 15.4. The molecule has 0 fully saturated rings. The van der Waals surface area contributed by atoms with E-state index in [9.17, 15) is 4.79 Å². The van der Waals surface area contributed by atoms with Crippen LogP contribution in [0.4, 0.5) is 0 Å². The van der Waals surface area contributed by atoms with E-state index in [0.717, 1.165) is 31.9 Å². The molecule has 0 spiro atoms. The summed E-state index contributed by atoms with van der Waals surface area (Å²) in [4.78, 5) is 16.3. The van der Waals surface area contributed by atoms with E-state index in [4.69, 9.17) is 4.74 Å². The second-order valence-corrected chi connectivity index (χ2v) is 6.45. The van der Waals surface area contributed by atoms with E-state index in [1.807, 2.05) is 56.3 Å². The summed E-state index contributed by atoms with van der Waals surface area (Å²) < 4.78 is 6.42. The molecule has 116 valence electrons. The third-order valence-corrected chi connectivity index (χ3v) is 4.55. The summed E-state index contributed by atoms with van der Waals surface area (Å²) in [5.74, 6) is -0.356. The number of esters is 1. The lowest BCUT2D eigenvalue weighted by Crippen LogP contribution is -2.02. The van der Waals surface area contributed by atoms with Gasteiger partial charge in [-0.2, -0.15) is 0 Å². The highest BCUT2D eigenvalue weighted by molar-refractivity contribution is 7.19. The molecule has 0 aliphatic heterocycles. The predicted octanol–water partition coefficient (Wildman–Crippen LogP) is 4.67. The molecule has 1 aromatic heterocycles. The van der Waals surface area contributed by atoms with Crippen molar-refractivity contribution in [2.24, 2.45) is 0 Å². The van der Waals surface area contributed by atoms with Crippen molar-refractivity contribution in [1.82, 2.24) is 4.98 Å². The fourth-order valence-electron chi connectivity index (χ4n) is 2.25. The Labute approximate surface area is 139 Å². The number of aromatic nitrogens is 1. The van der Waals surface area contributed by atoms with Crippen molar-refractivity contribution < 1.29 is 9.53 Å². The summed E-state index contributed by atoms with van der Waals surface area (Å²) in [6, 6.07) is 14.0. The van der Waals surface area contributed by atoms with Crippen LogP contribution in [0.5, 0.6) is 0 Å². The van der Waals surface area contributed by atoms with E-state index in [1.54, 1.807) is 17.4 Å². The Balaban J connectivity index is 1.63. The molecule has 0 bridgehead atoms. The van der Waals surface area contributed by atoms with Crippen LogP contribution in [-0.2, 0) is 16.1 Å². The molecule has 0 aliphatic carbocycles. The summed E-state index contributed by atoms with van der Waals surface area (Å²) in [5.41, 5.74) is 4.26. The maximum Gasteiger partial charge on any atom is 0.331 e. The molecule has 0 aliphatic rings. The lowest BCUT2D eigenvalue weighted by molar-refractivity contribution is -0.138. The van der Waals surface area contributed by atoms with Crippen molar-refractivity contribution in [2.45, 2.75) is 20.5 Å². The number of hydrogen-bond acceptors (Lipinski definition) is 4. The Hall–Kier alpha value is -2.46. The Bertz CT molecular complexity index is 847. The Morgan fingerprint density at radius 3 is 2.87 bits per heavy atom. The van der Waals surface area contributed by atoms with Crippen LogP contribution >= 0.6 is 11.3 Å². The molecule has 3 rings (SSSR count). The van der Waals surface area contributed by atoms with Gasteiger partial charge in [0, 0.05) is 6.08 Å². The van der Waals surface area contributed by atoms with Gasteiger partial charge in [0.15, 0.2) is 0 Å². The van der Waals surface area contributed by atoms with Gasteiger partial charge < -0.3 is 4.74 Å². The average Bonchev–Trinajstić information content (AvgIpc) is 2.96. The molecule has 0 amide bonds. The molecule has 0 saturated carbocycles. The highest BCUT2D eigenvalue weighted by Crippen LogP contribution is 2.22. The minimum Gasteiger partial charge on any atom is -0.458 e. The molecule has 3 aromatic rings. The molecule has 0 unspecified atom stereocenters. The minimum absolute atomic E-state index is 0.288. The van der Waals surface area contributed by atoms with Gasteiger partial charge >= 0.3 is 5.97 Å². The third kappa shape index (κ3) is 3.85. The standard InChI is InChI=1S/C19H17NO2S/c1-13-7-8-14(2)15(11-13)12-22-19(21)10-9-18-20-16-5-3-4-6-17(16)23-18/h3-11H,12H2,1-2H3/b10-9+. The number of rotatable bonds is 4. The largest absolute Gasteiger partial charge is 0.458 e. The fraction of sp³-hybridized carbons (Fsp3) is 0.158. The van der Waals surface area contributed by atoms with E-state index < -0.39 is 0 Å². The monoisotopic (exact) mass is 323 g/mol. The van der Waals surface area contributed by atoms with Gasteiger partial charge in [0.25, 0.3) is 0 Å². The van der Waals surface area contributed by atoms with E-state index >= 15 is 0 Å². The van der Waals surface area contributed by atoms with Crippen molar-refractivity contribution in [3.8, 4) is 0 Å². The van der Waals surface area contributed by atoms with Crippen molar-refractivity contribution in [3.63, 3.8) is 0 Å². The normalized spacial score (nSPS) is 11.2. The van der Waals surface area contributed by atoms with Gasteiger partial charge in [-0.05, 0) is 43.2 Å². The number of benzene rings is 2. The zero-order valence-corrected chi connectivity index (χ0v) is 13.9. The first-order valence-electron chi connectivity index (χ1n) is 7.38. The van der Waals surface area contributed by atoms with Crippen molar-refractivity contribution >= 4 is 33.6 Å². The SMILES string of the molecule is Cc1ccc(C)c(COC(=O)/C=C/c2nc3ccccc3s2)c1. The Morgan fingerprint density at radius 2 is 2.04 bits per heavy atom. The van der Waals surface area contributed by atoms with Crippen LogP contribution in [0.25, 0.3) is 16.3 Å². The zero-order chi connectivity index (χ0) is 16.2. The quantitative estimate of drug-likeness (QED) is 0.517. The van der Waals surface area contributed by atoms with Gasteiger partial charge in [-0.25, -0.2) is 9.78 Å². The fourth-order valence-corrected chi connectivity index (χ4v) is 3.12. The molecule has 4 heteroatoms. The van der Waals surface area contributed by atoms with E-state index in [1.165, 1.54) is 6.08 Å². The van der Waals surface area contributed by atoms with Crippen LogP contribution in [0.2, 0.25) is 0 Å². The lowest BCUT2D eigenvalue weighted by atomic mass is 10.1. The summed E-state index contributed by atoms with van der Waals surface area (Å²) in [6.07, 6.45) is 3.14. The summed E-state index contributed by atoms with van der Waals surface area (Å²) in [5, 5.41) is 0.801. The van der Waals surface area contributed by atoms with Gasteiger partial charge in [0.2, 0.25) is 0 Å². The van der Waals surface area contributed by atoms with E-state index in [0.29, 0.717) is 0 Å². The topological polar surface area (TPSA) is 39.2 Å². The maximum atomic E-state index is 11.9. The van der Waals surface area contributed by atoms with Gasteiger partial charge in [-0.3, -0.25) is 0 Å². The van der Waals surface area contributed by atoms with Crippen LogP contribution in [0, 0.1) is 13.8 Å². The molecule has 1 heterocycles. The number of carbonyl (C=O) groups excluding carboxylic acids is 1. The summed E-state index contributed by atoms with van der Waals surface area (Å²) >= 11 is 1.55. The highest BCUT2D eigenvalue weighted by atomic mass is 32.1.